The lowest BCUT2D eigenvalue weighted by atomic mass is 10.2. The molecule has 0 atom stereocenters. The number of amides is 1. The fourth-order valence-electron chi connectivity index (χ4n) is 1.94. The van der Waals surface area contributed by atoms with Crippen LogP contribution >= 0.6 is 0 Å². The third-order valence-corrected chi connectivity index (χ3v) is 2.95. The van der Waals surface area contributed by atoms with Crippen molar-refractivity contribution in [3.05, 3.63) is 54.4 Å². The second-order valence-electron chi connectivity index (χ2n) is 4.19. The van der Waals surface area contributed by atoms with Gasteiger partial charge in [0.25, 0.3) is 5.91 Å². The van der Waals surface area contributed by atoms with E-state index < -0.39 is 0 Å². The quantitative estimate of drug-likeness (QED) is 0.792. The highest BCUT2D eigenvalue weighted by atomic mass is 16.5. The van der Waals surface area contributed by atoms with E-state index >= 15 is 0 Å². The minimum Gasteiger partial charge on any atom is -0.495 e. The van der Waals surface area contributed by atoms with Crippen LogP contribution in [0.5, 0.6) is 5.75 Å². The van der Waals surface area contributed by atoms with Crippen LogP contribution in [0, 0.1) is 0 Å². The molecule has 3 rings (SSSR count). The molecule has 0 saturated carbocycles. The third-order valence-electron chi connectivity index (χ3n) is 2.95. The van der Waals surface area contributed by atoms with Gasteiger partial charge >= 0.3 is 0 Å². The fourth-order valence-corrected chi connectivity index (χ4v) is 1.94. The Kier molecular flexibility index (Phi) is 3.09. The summed E-state index contributed by atoms with van der Waals surface area (Å²) in [5, 5.41) is 2.81. The summed E-state index contributed by atoms with van der Waals surface area (Å²) in [5.41, 5.74) is 2.44. The number of hydrogen-bond donors (Lipinski definition) is 1. The van der Waals surface area contributed by atoms with E-state index in [0.717, 1.165) is 0 Å². The maximum Gasteiger partial charge on any atom is 0.255 e. The molecule has 0 aliphatic carbocycles. The second-order valence-corrected chi connectivity index (χ2v) is 4.19. The standard InChI is InChI=1S/C15H12N2O3/c1-19-13-5-3-2-4-11(13)17-15(18)10-6-7-14-12(8-10)16-9-20-14/h2-9H,1H3,(H,17,18). The van der Waals surface area contributed by atoms with Gasteiger partial charge in [-0.1, -0.05) is 12.1 Å². The van der Waals surface area contributed by atoms with Crippen molar-refractivity contribution < 1.29 is 13.9 Å². The third kappa shape index (κ3) is 2.21. The second kappa shape index (κ2) is 5.05. The van der Waals surface area contributed by atoms with Crippen LogP contribution in [0.1, 0.15) is 10.4 Å². The molecule has 0 fully saturated rings. The zero-order valence-corrected chi connectivity index (χ0v) is 10.8. The Morgan fingerprint density at radius 3 is 2.95 bits per heavy atom. The van der Waals surface area contributed by atoms with Gasteiger partial charge < -0.3 is 14.5 Å². The number of hydrogen-bond acceptors (Lipinski definition) is 4. The van der Waals surface area contributed by atoms with Crippen LogP contribution in [0.3, 0.4) is 0 Å². The van der Waals surface area contributed by atoms with Crippen LogP contribution in [0.25, 0.3) is 11.1 Å². The lowest BCUT2D eigenvalue weighted by Gasteiger charge is -2.09. The first-order valence-corrected chi connectivity index (χ1v) is 6.05. The van der Waals surface area contributed by atoms with E-state index in [4.69, 9.17) is 9.15 Å². The van der Waals surface area contributed by atoms with Crippen molar-refractivity contribution in [1.29, 1.82) is 0 Å². The molecule has 0 saturated heterocycles. The summed E-state index contributed by atoms with van der Waals surface area (Å²) in [6, 6.07) is 12.3. The van der Waals surface area contributed by atoms with Gasteiger partial charge in [0, 0.05) is 5.56 Å². The van der Waals surface area contributed by atoms with Crippen molar-refractivity contribution in [3.63, 3.8) is 0 Å². The highest BCUT2D eigenvalue weighted by Crippen LogP contribution is 2.24. The van der Waals surface area contributed by atoms with Crippen LogP contribution in [0.15, 0.2) is 53.3 Å². The van der Waals surface area contributed by atoms with Crippen LogP contribution in [0.2, 0.25) is 0 Å². The molecule has 0 radical (unpaired) electrons. The minimum absolute atomic E-state index is 0.223. The number of methoxy groups -OCH3 is 1. The summed E-state index contributed by atoms with van der Waals surface area (Å²) < 4.78 is 10.3. The number of anilines is 1. The molecule has 0 aliphatic rings. The number of carbonyl (C=O) groups is 1. The number of para-hydroxylation sites is 2. The van der Waals surface area contributed by atoms with Crippen molar-refractivity contribution in [2.75, 3.05) is 12.4 Å². The average Bonchev–Trinajstić information content (AvgIpc) is 2.95. The summed E-state index contributed by atoms with van der Waals surface area (Å²) in [6.45, 7) is 0. The summed E-state index contributed by atoms with van der Waals surface area (Å²) in [6.07, 6.45) is 1.35. The monoisotopic (exact) mass is 268 g/mol. The highest BCUT2D eigenvalue weighted by molar-refractivity contribution is 6.06. The van der Waals surface area contributed by atoms with Gasteiger partial charge in [-0.05, 0) is 30.3 Å². The van der Waals surface area contributed by atoms with E-state index in [-0.39, 0.29) is 5.91 Å². The summed E-state index contributed by atoms with van der Waals surface area (Å²) in [5.74, 6) is 0.391. The molecular weight excluding hydrogens is 256 g/mol. The molecule has 1 heterocycles. The number of nitrogens with one attached hydrogen (secondary N) is 1. The minimum atomic E-state index is -0.223. The lowest BCUT2D eigenvalue weighted by molar-refractivity contribution is 0.102. The molecule has 1 amide bonds. The van der Waals surface area contributed by atoms with Crippen LogP contribution in [0.4, 0.5) is 5.69 Å². The van der Waals surface area contributed by atoms with Gasteiger partial charge in [0.15, 0.2) is 12.0 Å². The molecule has 1 aromatic heterocycles. The molecule has 0 spiro atoms. The van der Waals surface area contributed by atoms with Crippen LogP contribution < -0.4 is 10.1 Å². The van der Waals surface area contributed by atoms with Crippen molar-refractivity contribution in [3.8, 4) is 5.75 Å². The Hall–Kier alpha value is -2.82. The van der Waals surface area contributed by atoms with Gasteiger partial charge in [0.05, 0.1) is 12.8 Å². The van der Waals surface area contributed by atoms with Crippen molar-refractivity contribution in [2.24, 2.45) is 0 Å². The van der Waals surface area contributed by atoms with Crippen LogP contribution in [-0.2, 0) is 0 Å². The largest absolute Gasteiger partial charge is 0.495 e. The molecule has 5 heteroatoms. The van der Waals surface area contributed by atoms with E-state index in [1.165, 1.54) is 6.39 Å². The number of oxazole rings is 1. The molecule has 0 unspecified atom stereocenters. The molecule has 0 aliphatic heterocycles. The number of fused-ring (bicyclic) bond motifs is 1. The average molecular weight is 268 g/mol. The Morgan fingerprint density at radius 1 is 1.25 bits per heavy atom. The van der Waals surface area contributed by atoms with Crippen LogP contribution in [-0.4, -0.2) is 18.0 Å². The van der Waals surface area contributed by atoms with Gasteiger partial charge in [-0.3, -0.25) is 4.79 Å². The Labute approximate surface area is 115 Å². The zero-order chi connectivity index (χ0) is 13.9. The topological polar surface area (TPSA) is 64.4 Å². The lowest BCUT2D eigenvalue weighted by Crippen LogP contribution is -2.12. The Balaban J connectivity index is 1.88. The van der Waals surface area contributed by atoms with Gasteiger partial charge in [-0.25, -0.2) is 4.98 Å². The van der Waals surface area contributed by atoms with Crippen molar-refractivity contribution in [1.82, 2.24) is 4.98 Å². The zero-order valence-electron chi connectivity index (χ0n) is 10.8. The molecule has 0 bridgehead atoms. The SMILES string of the molecule is COc1ccccc1NC(=O)c1ccc2ocnc2c1. The van der Waals surface area contributed by atoms with Crippen molar-refractivity contribution >= 4 is 22.7 Å². The summed E-state index contributed by atoms with van der Waals surface area (Å²) in [4.78, 5) is 16.3. The number of nitrogens with zero attached hydrogens (tertiary/aromatic N) is 1. The molecule has 3 aromatic rings. The highest BCUT2D eigenvalue weighted by Gasteiger charge is 2.10. The molecule has 100 valence electrons. The Bertz CT molecular complexity index is 764. The van der Waals surface area contributed by atoms with E-state index in [1.54, 1.807) is 37.4 Å². The van der Waals surface area contributed by atoms with Gasteiger partial charge in [-0.2, -0.15) is 0 Å². The molecule has 5 nitrogen and oxygen atoms in total. The fraction of sp³-hybridized carbons (Fsp3) is 0.0667. The smallest absolute Gasteiger partial charge is 0.255 e. The van der Waals surface area contributed by atoms with E-state index in [9.17, 15) is 4.79 Å². The van der Waals surface area contributed by atoms with Gasteiger partial charge in [0.2, 0.25) is 0 Å². The van der Waals surface area contributed by atoms with E-state index in [1.807, 2.05) is 12.1 Å². The molecule has 20 heavy (non-hydrogen) atoms. The first-order valence-electron chi connectivity index (χ1n) is 6.05. The normalized spacial score (nSPS) is 10.4. The number of ether oxygens (including phenoxy) is 1. The summed E-state index contributed by atoms with van der Waals surface area (Å²) in [7, 11) is 1.56. The number of carbonyl (C=O) groups excluding carboxylic acids is 1. The van der Waals surface area contributed by atoms with Gasteiger partial charge in [-0.15, -0.1) is 0 Å². The van der Waals surface area contributed by atoms with Crippen molar-refractivity contribution in [2.45, 2.75) is 0 Å². The van der Waals surface area contributed by atoms with Gasteiger partial charge in [0.1, 0.15) is 11.3 Å². The number of rotatable bonds is 3. The number of aromatic nitrogens is 1. The first-order chi connectivity index (χ1) is 9.78. The molecular formula is C15H12N2O3. The maximum atomic E-state index is 12.2. The first kappa shape index (κ1) is 12.2. The number of benzene rings is 2. The predicted molar refractivity (Wildman–Crippen MR) is 75.0 cm³/mol. The maximum absolute atomic E-state index is 12.2. The Morgan fingerprint density at radius 2 is 2.10 bits per heavy atom. The molecule has 2 aromatic carbocycles. The predicted octanol–water partition coefficient (Wildman–Crippen LogP) is 3.09. The van der Waals surface area contributed by atoms with E-state index in [2.05, 4.69) is 10.3 Å². The van der Waals surface area contributed by atoms with E-state index in [0.29, 0.717) is 28.1 Å². The molecule has 1 N–H and O–H groups in total. The summed E-state index contributed by atoms with van der Waals surface area (Å²) >= 11 is 0.